The van der Waals surface area contributed by atoms with Gasteiger partial charge < -0.3 is 10.1 Å². The zero-order chi connectivity index (χ0) is 17.6. The van der Waals surface area contributed by atoms with Crippen molar-refractivity contribution < 1.29 is 14.3 Å². The van der Waals surface area contributed by atoms with Gasteiger partial charge in [-0.05, 0) is 38.0 Å². The lowest BCUT2D eigenvalue weighted by atomic mass is 9.83. The summed E-state index contributed by atoms with van der Waals surface area (Å²) >= 11 is 0. The zero-order valence-electron chi connectivity index (χ0n) is 13.5. The molecule has 124 valence electrons. The summed E-state index contributed by atoms with van der Waals surface area (Å²) in [6.45, 7) is 1.47. The first kappa shape index (κ1) is 17.5. The van der Waals surface area contributed by atoms with Crippen molar-refractivity contribution in [2.75, 3.05) is 0 Å². The fourth-order valence-electron chi connectivity index (χ4n) is 2.76. The second-order valence-electron chi connectivity index (χ2n) is 5.98. The van der Waals surface area contributed by atoms with E-state index in [1.54, 1.807) is 12.1 Å². The van der Waals surface area contributed by atoms with E-state index >= 15 is 0 Å². The molecule has 6 nitrogen and oxygen atoms in total. The average Bonchev–Trinajstić information content (AvgIpc) is 2.62. The van der Waals surface area contributed by atoms with Crippen LogP contribution in [0.1, 0.15) is 54.9 Å². The number of carbonyl (C=O) groups excluding carboxylic acids is 2. The van der Waals surface area contributed by atoms with Crippen LogP contribution in [0.3, 0.4) is 0 Å². The highest BCUT2D eigenvalue weighted by molar-refractivity contribution is 5.92. The minimum Gasteiger partial charge on any atom is -0.449 e. The maximum atomic E-state index is 12.3. The molecule has 1 aliphatic carbocycles. The molecule has 0 unspecified atom stereocenters. The summed E-state index contributed by atoms with van der Waals surface area (Å²) in [5.41, 5.74) is -0.315. The molecule has 1 amide bonds. The van der Waals surface area contributed by atoms with Crippen LogP contribution in [0.4, 0.5) is 0 Å². The van der Waals surface area contributed by atoms with E-state index in [0.29, 0.717) is 18.4 Å². The van der Waals surface area contributed by atoms with Crippen LogP contribution in [-0.2, 0) is 9.53 Å². The molecule has 1 saturated carbocycles. The number of hydrogen-bond donors (Lipinski definition) is 1. The molecular formula is C18H19N3O3. The number of ether oxygens (including phenoxy) is 1. The number of benzene rings is 1. The summed E-state index contributed by atoms with van der Waals surface area (Å²) < 4.78 is 5.16. The van der Waals surface area contributed by atoms with E-state index in [-0.39, 0.29) is 5.56 Å². The van der Waals surface area contributed by atoms with Crippen LogP contribution >= 0.6 is 0 Å². The predicted molar refractivity (Wildman–Crippen MR) is 85.6 cm³/mol. The Morgan fingerprint density at radius 3 is 2.58 bits per heavy atom. The minimum atomic E-state index is -1.02. The average molecular weight is 325 g/mol. The van der Waals surface area contributed by atoms with Crippen LogP contribution in [-0.4, -0.2) is 23.5 Å². The number of amides is 1. The van der Waals surface area contributed by atoms with Crippen molar-refractivity contribution in [1.82, 2.24) is 5.32 Å². The number of hydrogen-bond acceptors (Lipinski definition) is 5. The quantitative estimate of drug-likeness (QED) is 0.856. The van der Waals surface area contributed by atoms with Crippen molar-refractivity contribution in [3.05, 3.63) is 35.4 Å². The molecule has 1 atom stereocenters. The highest BCUT2D eigenvalue weighted by atomic mass is 16.5. The Bertz CT molecular complexity index is 709. The van der Waals surface area contributed by atoms with Crippen molar-refractivity contribution >= 4 is 11.9 Å². The number of rotatable bonds is 4. The van der Waals surface area contributed by atoms with E-state index in [2.05, 4.69) is 11.4 Å². The van der Waals surface area contributed by atoms with Gasteiger partial charge in [-0.2, -0.15) is 10.5 Å². The van der Waals surface area contributed by atoms with Crippen LogP contribution < -0.4 is 5.32 Å². The normalized spacial score (nSPS) is 17.0. The predicted octanol–water partition coefficient (Wildman–Crippen LogP) is 2.45. The van der Waals surface area contributed by atoms with Gasteiger partial charge in [0.1, 0.15) is 5.54 Å². The number of esters is 1. The molecule has 0 aliphatic heterocycles. The van der Waals surface area contributed by atoms with E-state index in [1.165, 1.54) is 19.1 Å². The van der Waals surface area contributed by atoms with Crippen LogP contribution in [0.5, 0.6) is 0 Å². The van der Waals surface area contributed by atoms with Gasteiger partial charge in [-0.15, -0.1) is 0 Å². The lowest BCUT2D eigenvalue weighted by Crippen LogP contribution is -2.52. The summed E-state index contributed by atoms with van der Waals surface area (Å²) in [4.78, 5) is 24.4. The third-order valence-electron chi connectivity index (χ3n) is 4.16. The topological polar surface area (TPSA) is 103 Å². The van der Waals surface area contributed by atoms with E-state index in [9.17, 15) is 14.9 Å². The highest BCUT2D eigenvalue weighted by Crippen LogP contribution is 2.27. The van der Waals surface area contributed by atoms with Gasteiger partial charge in [0.25, 0.3) is 5.91 Å². The van der Waals surface area contributed by atoms with Crippen LogP contribution in [0, 0.1) is 22.7 Å². The number of nitrogens with one attached hydrogen (secondary N) is 1. The molecule has 1 N–H and O–H groups in total. The van der Waals surface area contributed by atoms with Crippen molar-refractivity contribution in [2.24, 2.45) is 0 Å². The molecule has 6 heteroatoms. The Morgan fingerprint density at radius 1 is 1.25 bits per heavy atom. The van der Waals surface area contributed by atoms with Crippen LogP contribution in [0.25, 0.3) is 0 Å². The molecule has 0 radical (unpaired) electrons. The van der Waals surface area contributed by atoms with Crippen LogP contribution in [0.2, 0.25) is 0 Å². The molecule has 0 bridgehead atoms. The lowest BCUT2D eigenvalue weighted by molar-refractivity contribution is -0.130. The lowest BCUT2D eigenvalue weighted by Gasteiger charge is -2.32. The van der Waals surface area contributed by atoms with Gasteiger partial charge in [0.15, 0.2) is 6.10 Å². The molecular weight excluding hydrogens is 306 g/mol. The molecule has 2 rings (SSSR count). The number of carbonyl (C=O) groups is 2. The van der Waals surface area contributed by atoms with Gasteiger partial charge in [-0.1, -0.05) is 25.3 Å². The minimum absolute atomic E-state index is 0.210. The number of nitriles is 2. The third kappa shape index (κ3) is 4.11. The SMILES string of the molecule is C[C@@H](OC(=O)c1cccc(C#N)c1)C(=O)NC1(C#N)CCCCC1. The summed E-state index contributed by atoms with van der Waals surface area (Å²) in [6, 6.07) is 10.2. The van der Waals surface area contributed by atoms with E-state index in [4.69, 9.17) is 10.00 Å². The van der Waals surface area contributed by atoms with Crippen molar-refractivity contribution in [3.8, 4) is 12.1 Å². The molecule has 0 heterocycles. The van der Waals surface area contributed by atoms with Gasteiger partial charge in [0, 0.05) is 0 Å². The maximum absolute atomic E-state index is 12.3. The van der Waals surface area contributed by atoms with Gasteiger partial charge in [0.2, 0.25) is 0 Å². The Labute approximate surface area is 141 Å². The van der Waals surface area contributed by atoms with E-state index in [1.807, 2.05) is 6.07 Å². The second-order valence-corrected chi connectivity index (χ2v) is 5.98. The van der Waals surface area contributed by atoms with Gasteiger partial charge in [-0.3, -0.25) is 4.79 Å². The molecule has 0 spiro atoms. The van der Waals surface area contributed by atoms with E-state index in [0.717, 1.165) is 19.3 Å². The Morgan fingerprint density at radius 2 is 1.96 bits per heavy atom. The maximum Gasteiger partial charge on any atom is 0.338 e. The molecule has 1 fully saturated rings. The molecule has 1 aromatic carbocycles. The first-order valence-corrected chi connectivity index (χ1v) is 7.94. The first-order chi connectivity index (χ1) is 11.5. The fourth-order valence-corrected chi connectivity index (χ4v) is 2.76. The largest absolute Gasteiger partial charge is 0.449 e. The number of nitrogens with zero attached hydrogens (tertiary/aromatic N) is 2. The second kappa shape index (κ2) is 7.61. The van der Waals surface area contributed by atoms with E-state index < -0.39 is 23.5 Å². The molecule has 1 aliphatic rings. The van der Waals surface area contributed by atoms with Gasteiger partial charge in [-0.25, -0.2) is 4.79 Å². The standard InChI is InChI=1S/C18H19N3O3/c1-13(16(22)21-18(12-20)8-3-2-4-9-18)24-17(23)15-7-5-6-14(10-15)11-19/h5-7,10,13H,2-4,8-9H2,1H3,(H,21,22)/t13-/m1/s1. The fraction of sp³-hybridized carbons (Fsp3) is 0.444. The van der Waals surface area contributed by atoms with Crippen LogP contribution in [0.15, 0.2) is 24.3 Å². The van der Waals surface area contributed by atoms with Gasteiger partial charge in [0.05, 0.1) is 23.3 Å². The summed E-state index contributed by atoms with van der Waals surface area (Å²) in [5, 5.41) is 21.0. The Hall–Kier alpha value is -2.86. The Balaban J connectivity index is 1.99. The van der Waals surface area contributed by atoms with Gasteiger partial charge >= 0.3 is 5.97 Å². The highest BCUT2D eigenvalue weighted by Gasteiger charge is 2.35. The summed E-state index contributed by atoms with van der Waals surface area (Å²) in [6.07, 6.45) is 3.04. The molecule has 1 aromatic rings. The third-order valence-corrected chi connectivity index (χ3v) is 4.16. The van der Waals surface area contributed by atoms with Crippen molar-refractivity contribution in [3.63, 3.8) is 0 Å². The van der Waals surface area contributed by atoms with Crippen molar-refractivity contribution in [1.29, 1.82) is 10.5 Å². The zero-order valence-corrected chi connectivity index (χ0v) is 13.5. The summed E-state index contributed by atoms with van der Waals surface area (Å²) in [7, 11) is 0. The molecule has 0 saturated heterocycles. The first-order valence-electron chi connectivity index (χ1n) is 7.94. The smallest absolute Gasteiger partial charge is 0.338 e. The molecule has 24 heavy (non-hydrogen) atoms. The Kier molecular flexibility index (Phi) is 5.55. The van der Waals surface area contributed by atoms with Crippen molar-refractivity contribution in [2.45, 2.75) is 50.7 Å². The monoisotopic (exact) mass is 325 g/mol. The molecule has 0 aromatic heterocycles. The summed E-state index contributed by atoms with van der Waals surface area (Å²) in [5.74, 6) is -1.16.